The van der Waals surface area contributed by atoms with Crippen LogP contribution in [0.1, 0.15) is 49.8 Å². The first-order chi connectivity index (χ1) is 19.1. The third-order valence-corrected chi connectivity index (χ3v) is 6.81. The van der Waals surface area contributed by atoms with Crippen molar-refractivity contribution in [1.82, 2.24) is 4.90 Å². The van der Waals surface area contributed by atoms with Crippen LogP contribution in [0, 0.1) is 12.8 Å². The number of anilines is 1. The molecule has 0 amide bonds. The number of likely N-dealkylation sites (tertiary alicyclic amines) is 1. The number of terminal acetylenes is 1. The molecule has 39 heavy (non-hydrogen) atoms. The van der Waals surface area contributed by atoms with Gasteiger partial charge in [-0.25, -0.2) is 0 Å². The molecular formula is C33H40FN3O2. The Labute approximate surface area is 232 Å². The van der Waals surface area contributed by atoms with Crippen molar-refractivity contribution in [2.75, 3.05) is 45.4 Å². The van der Waals surface area contributed by atoms with E-state index in [9.17, 15) is 4.39 Å². The number of allylic oxidation sites excluding steroid dienone is 4. The molecule has 0 saturated carbocycles. The largest absolute Gasteiger partial charge is 0.489 e. The Morgan fingerprint density at radius 2 is 2.00 bits per heavy atom. The van der Waals surface area contributed by atoms with Gasteiger partial charge in [0.1, 0.15) is 18.6 Å². The molecule has 2 N–H and O–H groups in total. The van der Waals surface area contributed by atoms with Crippen molar-refractivity contribution in [2.45, 2.75) is 39.2 Å². The molecule has 0 bridgehead atoms. The van der Waals surface area contributed by atoms with Gasteiger partial charge >= 0.3 is 0 Å². The molecule has 6 heteroatoms. The average molecular weight is 530 g/mol. The summed E-state index contributed by atoms with van der Waals surface area (Å²) < 4.78 is 24.2. The van der Waals surface area contributed by atoms with E-state index >= 15 is 0 Å². The van der Waals surface area contributed by atoms with Crippen LogP contribution in [0.25, 0.3) is 11.6 Å². The molecule has 1 aliphatic carbocycles. The van der Waals surface area contributed by atoms with Crippen molar-refractivity contribution in [2.24, 2.45) is 4.99 Å². The van der Waals surface area contributed by atoms with Gasteiger partial charge in [0.05, 0.1) is 6.67 Å². The number of nitrogens with zero attached hydrogens (tertiary/aromatic N) is 2. The van der Waals surface area contributed by atoms with E-state index in [0.29, 0.717) is 19.8 Å². The number of fused-ring (bicyclic) bond motifs is 1. The SMILES string of the molecule is C#C.C/C=C(\C=N/COCC)C1=C(c2ccc(OC3CCN(CCCF)C3)cc2)c2ccc(N)cc2C=CC1. The van der Waals surface area contributed by atoms with E-state index in [4.69, 9.17) is 15.2 Å². The van der Waals surface area contributed by atoms with Gasteiger partial charge in [-0.3, -0.25) is 14.3 Å². The van der Waals surface area contributed by atoms with Crippen molar-refractivity contribution in [1.29, 1.82) is 0 Å². The summed E-state index contributed by atoms with van der Waals surface area (Å²) in [6, 6.07) is 14.5. The number of rotatable bonds is 11. The van der Waals surface area contributed by atoms with Crippen LogP contribution in [0.4, 0.5) is 10.1 Å². The molecule has 4 rings (SSSR count). The first-order valence-corrected chi connectivity index (χ1v) is 13.6. The van der Waals surface area contributed by atoms with E-state index < -0.39 is 0 Å². The summed E-state index contributed by atoms with van der Waals surface area (Å²) in [6.07, 6.45) is 18.8. The fraction of sp³-hybridized carbons (Fsp3) is 0.364. The maximum atomic E-state index is 12.5. The second-order valence-electron chi connectivity index (χ2n) is 9.38. The summed E-state index contributed by atoms with van der Waals surface area (Å²) in [4.78, 5) is 6.77. The predicted octanol–water partition coefficient (Wildman–Crippen LogP) is 6.56. The topological polar surface area (TPSA) is 60.1 Å². The Morgan fingerprint density at radius 3 is 2.72 bits per heavy atom. The Balaban J connectivity index is 0.00000205. The van der Waals surface area contributed by atoms with Crippen LogP contribution in [0.15, 0.2) is 70.8 Å². The maximum Gasteiger partial charge on any atom is 0.137 e. The Morgan fingerprint density at radius 1 is 1.21 bits per heavy atom. The molecule has 1 fully saturated rings. The second-order valence-corrected chi connectivity index (χ2v) is 9.38. The molecular weight excluding hydrogens is 489 g/mol. The third-order valence-electron chi connectivity index (χ3n) is 6.81. The number of nitrogens with two attached hydrogens (primary N) is 1. The number of alkyl halides is 1. The normalized spacial score (nSPS) is 17.6. The van der Waals surface area contributed by atoms with E-state index in [1.807, 2.05) is 32.2 Å². The quantitative estimate of drug-likeness (QED) is 0.155. The molecule has 1 atom stereocenters. The van der Waals surface area contributed by atoms with E-state index in [0.717, 1.165) is 66.2 Å². The second kappa shape index (κ2) is 15.7. The number of halogens is 1. The zero-order valence-corrected chi connectivity index (χ0v) is 23.1. The van der Waals surface area contributed by atoms with Crippen molar-refractivity contribution in [3.05, 3.63) is 82.5 Å². The van der Waals surface area contributed by atoms with Gasteiger partial charge < -0.3 is 15.2 Å². The molecule has 2 aliphatic rings. The van der Waals surface area contributed by atoms with Crippen LogP contribution >= 0.6 is 0 Å². The average Bonchev–Trinajstić information content (AvgIpc) is 3.32. The molecule has 2 aromatic carbocycles. The number of nitrogen functional groups attached to an aromatic ring is 1. The summed E-state index contributed by atoms with van der Waals surface area (Å²) in [5, 5.41) is 0. The van der Waals surface area contributed by atoms with Gasteiger partial charge in [-0.2, -0.15) is 0 Å². The summed E-state index contributed by atoms with van der Waals surface area (Å²) in [5.74, 6) is 0.858. The van der Waals surface area contributed by atoms with Crippen LogP contribution < -0.4 is 10.5 Å². The van der Waals surface area contributed by atoms with Gasteiger partial charge in [0.25, 0.3) is 0 Å². The molecule has 0 radical (unpaired) electrons. The summed E-state index contributed by atoms with van der Waals surface area (Å²) in [6.45, 7) is 7.34. The minimum absolute atomic E-state index is 0.141. The highest BCUT2D eigenvalue weighted by molar-refractivity contribution is 5.97. The summed E-state index contributed by atoms with van der Waals surface area (Å²) >= 11 is 0. The zero-order valence-electron chi connectivity index (χ0n) is 23.1. The van der Waals surface area contributed by atoms with Crippen LogP contribution in [0.2, 0.25) is 0 Å². The van der Waals surface area contributed by atoms with Crippen molar-refractivity contribution in [3.63, 3.8) is 0 Å². The fourth-order valence-corrected chi connectivity index (χ4v) is 4.99. The number of ether oxygens (including phenoxy) is 2. The highest BCUT2D eigenvalue weighted by atomic mass is 19.1. The molecule has 5 nitrogen and oxygen atoms in total. The lowest BCUT2D eigenvalue weighted by molar-refractivity contribution is 0.156. The first kappa shape index (κ1) is 29.9. The minimum atomic E-state index is -0.264. The number of hydrogen-bond donors (Lipinski definition) is 1. The van der Waals surface area contributed by atoms with Crippen molar-refractivity contribution < 1.29 is 13.9 Å². The van der Waals surface area contributed by atoms with Crippen LogP contribution in [0.3, 0.4) is 0 Å². The van der Waals surface area contributed by atoms with Crippen LogP contribution in [-0.2, 0) is 4.74 Å². The van der Waals surface area contributed by atoms with E-state index in [-0.39, 0.29) is 12.8 Å². The highest BCUT2D eigenvalue weighted by Gasteiger charge is 2.24. The van der Waals surface area contributed by atoms with E-state index in [1.54, 1.807) is 0 Å². The predicted molar refractivity (Wildman–Crippen MR) is 162 cm³/mol. The third kappa shape index (κ3) is 8.16. The van der Waals surface area contributed by atoms with Gasteiger partial charge in [-0.1, -0.05) is 36.4 Å². The Hall–Kier alpha value is -3.66. The zero-order chi connectivity index (χ0) is 28.0. The molecule has 2 aromatic rings. The molecule has 0 spiro atoms. The summed E-state index contributed by atoms with van der Waals surface area (Å²) in [5.41, 5.74) is 13.7. The van der Waals surface area contributed by atoms with Crippen LogP contribution in [-0.4, -0.2) is 56.9 Å². The monoisotopic (exact) mass is 529 g/mol. The van der Waals surface area contributed by atoms with Crippen molar-refractivity contribution >= 4 is 23.6 Å². The smallest absolute Gasteiger partial charge is 0.137 e. The first-order valence-electron chi connectivity index (χ1n) is 13.6. The maximum absolute atomic E-state index is 12.5. The van der Waals surface area contributed by atoms with E-state index in [2.05, 4.69) is 71.3 Å². The van der Waals surface area contributed by atoms with E-state index in [1.165, 1.54) is 11.1 Å². The number of hydrogen-bond acceptors (Lipinski definition) is 5. The lowest BCUT2D eigenvalue weighted by Gasteiger charge is -2.19. The number of benzene rings is 2. The van der Waals surface area contributed by atoms with Gasteiger partial charge in [-0.05, 0) is 90.8 Å². The Kier molecular flexibility index (Phi) is 12.0. The van der Waals surface area contributed by atoms with Crippen LogP contribution in [0.5, 0.6) is 5.75 Å². The minimum Gasteiger partial charge on any atom is -0.489 e. The summed E-state index contributed by atoms with van der Waals surface area (Å²) in [7, 11) is 0. The molecule has 1 heterocycles. The Bertz CT molecular complexity index is 1210. The standard InChI is InChI=1S/C31H38FN3O2.C2H2/c1-3-23(20-34-22-36-4-2)29-8-5-7-25-19-26(33)11-14-30(25)31(29)24-9-12-27(13-10-24)37-28-15-18-35(21-28)17-6-16-32;1-2/h3,5,7,9-14,19-20,28H,4,6,8,15-18,21-22,33H2,1-2H3;1-2H/b23-3+,34-20-;. The lowest BCUT2D eigenvalue weighted by Crippen LogP contribution is -2.26. The molecule has 206 valence electrons. The molecule has 0 aromatic heterocycles. The van der Waals surface area contributed by atoms with Gasteiger partial charge in [0.15, 0.2) is 0 Å². The van der Waals surface area contributed by atoms with Gasteiger partial charge in [0.2, 0.25) is 0 Å². The fourth-order valence-electron chi connectivity index (χ4n) is 4.99. The lowest BCUT2D eigenvalue weighted by atomic mass is 9.87. The molecule has 1 unspecified atom stereocenters. The van der Waals surface area contributed by atoms with Gasteiger partial charge in [-0.15, -0.1) is 12.8 Å². The molecule has 1 saturated heterocycles. The van der Waals surface area contributed by atoms with Gasteiger partial charge in [0, 0.05) is 38.1 Å². The number of aliphatic imine (C=N–C) groups is 1. The molecule has 1 aliphatic heterocycles. The highest BCUT2D eigenvalue weighted by Crippen LogP contribution is 2.38. The van der Waals surface area contributed by atoms with Crippen molar-refractivity contribution in [3.8, 4) is 18.6 Å².